The molecular formula is C33H33B2ClN6O2. The van der Waals surface area contributed by atoms with Crippen LogP contribution in [0.1, 0.15) is 50.4 Å². The highest BCUT2D eigenvalue weighted by Crippen LogP contribution is 2.37. The van der Waals surface area contributed by atoms with Gasteiger partial charge in [-0.15, -0.1) is 0 Å². The number of anilines is 1. The molecule has 1 fully saturated rings. The Bertz CT molecular complexity index is 1850. The molecule has 1 atom stereocenters. The molecule has 4 aromatic rings. The van der Waals surface area contributed by atoms with Gasteiger partial charge in [0.15, 0.2) is 5.65 Å². The van der Waals surface area contributed by atoms with Gasteiger partial charge < -0.3 is 9.80 Å². The lowest BCUT2D eigenvalue weighted by Gasteiger charge is -2.40. The fourth-order valence-corrected chi connectivity index (χ4v) is 6.07. The van der Waals surface area contributed by atoms with Crippen LogP contribution in [0.25, 0.3) is 34.1 Å². The van der Waals surface area contributed by atoms with Crippen LogP contribution in [-0.2, 0) is 11.2 Å². The monoisotopic (exact) mass is 602 g/mol. The maximum Gasteiger partial charge on any atom is 0.355 e. The third-order valence-corrected chi connectivity index (χ3v) is 8.20. The molecule has 0 saturated carbocycles. The summed E-state index contributed by atoms with van der Waals surface area (Å²) in [7, 11) is 11.7. The van der Waals surface area contributed by atoms with Gasteiger partial charge in [-0.05, 0) is 48.6 Å². The molecule has 0 N–H and O–H groups in total. The minimum atomic E-state index is -0.478. The van der Waals surface area contributed by atoms with Gasteiger partial charge in [-0.2, -0.15) is 10.4 Å². The van der Waals surface area contributed by atoms with Crippen LogP contribution < -0.4 is 10.6 Å². The second-order valence-electron chi connectivity index (χ2n) is 11.2. The zero-order valence-corrected chi connectivity index (χ0v) is 26.2. The minimum absolute atomic E-state index is 0.0267. The number of pyridine rings is 2. The van der Waals surface area contributed by atoms with E-state index in [0.717, 1.165) is 16.8 Å². The highest BCUT2D eigenvalue weighted by atomic mass is 35.5. The van der Waals surface area contributed by atoms with Crippen LogP contribution in [0.15, 0.2) is 65.4 Å². The van der Waals surface area contributed by atoms with Gasteiger partial charge in [-0.25, -0.2) is 14.3 Å². The van der Waals surface area contributed by atoms with E-state index in [1.807, 2.05) is 69.0 Å². The van der Waals surface area contributed by atoms with E-state index in [1.165, 1.54) is 6.08 Å². The molecule has 0 aliphatic carbocycles. The molecule has 220 valence electrons. The summed E-state index contributed by atoms with van der Waals surface area (Å²) in [5, 5.41) is 1.13. The number of carbonyl (C=O) groups excluding carboxylic acids is 1. The molecule has 1 aromatic carbocycles. The molecule has 0 bridgehead atoms. The molecule has 4 heterocycles. The molecule has 4 radical (unpaired) electrons. The van der Waals surface area contributed by atoms with Crippen molar-refractivity contribution in [1.82, 2.24) is 24.4 Å². The van der Waals surface area contributed by atoms with Crippen molar-refractivity contribution in [1.29, 1.82) is 0 Å². The van der Waals surface area contributed by atoms with Crippen molar-refractivity contribution in [2.24, 2.45) is 0 Å². The molecule has 1 saturated heterocycles. The zero-order valence-electron chi connectivity index (χ0n) is 25.4. The first-order valence-electron chi connectivity index (χ1n) is 14.7. The first kappa shape index (κ1) is 31.3. The predicted molar refractivity (Wildman–Crippen MR) is 180 cm³/mol. The molecule has 44 heavy (non-hydrogen) atoms. The number of aromatic nitrogens is 4. The smallest absolute Gasteiger partial charge is 0.350 e. The maximum absolute atomic E-state index is 14.2. The molecule has 1 amide bonds. The lowest BCUT2D eigenvalue weighted by atomic mass is 9.77. The molecular weight excluding hydrogens is 569 g/mol. The Kier molecular flexibility index (Phi) is 9.11. The Labute approximate surface area is 265 Å². The summed E-state index contributed by atoms with van der Waals surface area (Å²) in [6, 6.07) is 11.1. The van der Waals surface area contributed by atoms with Gasteiger partial charge in [-0.3, -0.25) is 9.78 Å². The number of hydrogen-bond donors (Lipinski definition) is 0. The molecule has 0 spiro atoms. The maximum atomic E-state index is 14.2. The lowest BCUT2D eigenvalue weighted by Crippen LogP contribution is -2.54. The normalized spacial score (nSPS) is 15.1. The fraction of sp³-hybridized carbons (Fsp3) is 0.303. The van der Waals surface area contributed by atoms with E-state index >= 15 is 0 Å². The van der Waals surface area contributed by atoms with Gasteiger partial charge in [0, 0.05) is 37.4 Å². The number of aryl methyl sites for hydroxylation is 1. The number of benzene rings is 1. The van der Waals surface area contributed by atoms with E-state index in [0.29, 0.717) is 64.9 Å². The van der Waals surface area contributed by atoms with E-state index < -0.39 is 5.69 Å². The Morgan fingerprint density at radius 2 is 1.93 bits per heavy atom. The Hall–Kier alpha value is -4.17. The minimum Gasteiger partial charge on any atom is -0.350 e. The number of hydrogen-bond acceptors (Lipinski definition) is 6. The van der Waals surface area contributed by atoms with E-state index in [-0.39, 0.29) is 23.2 Å². The van der Waals surface area contributed by atoms with Crippen LogP contribution in [0.5, 0.6) is 0 Å². The Morgan fingerprint density at radius 3 is 2.59 bits per heavy atom. The van der Waals surface area contributed by atoms with Crippen LogP contribution in [0, 0.1) is 0 Å². The average molecular weight is 603 g/mol. The largest absolute Gasteiger partial charge is 0.355 e. The molecule has 11 heteroatoms. The van der Waals surface area contributed by atoms with E-state index in [1.54, 1.807) is 21.7 Å². The average Bonchev–Trinajstić information content (AvgIpc) is 3.00. The number of carbonyl (C=O) groups is 1. The van der Waals surface area contributed by atoms with E-state index in [9.17, 15) is 9.59 Å². The summed E-state index contributed by atoms with van der Waals surface area (Å²) in [4.78, 5) is 44.8. The predicted octanol–water partition coefficient (Wildman–Crippen LogP) is 5.04. The zero-order chi connectivity index (χ0) is 31.7. The van der Waals surface area contributed by atoms with Crippen molar-refractivity contribution in [3.8, 4) is 16.9 Å². The third kappa shape index (κ3) is 5.83. The summed E-state index contributed by atoms with van der Waals surface area (Å²) >= 11 is 7.00. The number of nitrogens with zero attached hydrogens (tertiary/aromatic N) is 6. The van der Waals surface area contributed by atoms with Crippen LogP contribution in [0.3, 0.4) is 0 Å². The number of halogens is 1. The van der Waals surface area contributed by atoms with Crippen LogP contribution in [0.4, 0.5) is 5.82 Å². The van der Waals surface area contributed by atoms with Gasteiger partial charge in [-0.1, -0.05) is 69.3 Å². The van der Waals surface area contributed by atoms with Gasteiger partial charge in [0.25, 0.3) is 0 Å². The Morgan fingerprint density at radius 1 is 1.18 bits per heavy atom. The quantitative estimate of drug-likeness (QED) is 0.218. The SMILES string of the molecule is [B]C([B])=Cc1ccccc1-c1nc2c(cc1Cl)c(N1CCN(C(=O)C=C)C[C@@H]1C)nc(=O)n2-c1c(CC)ccnc1C(C)C. The summed E-state index contributed by atoms with van der Waals surface area (Å²) in [6.45, 7) is 13.1. The topological polar surface area (TPSA) is 84.2 Å². The second kappa shape index (κ2) is 12.8. The van der Waals surface area contributed by atoms with Crippen LogP contribution in [-0.4, -0.2) is 71.7 Å². The summed E-state index contributed by atoms with van der Waals surface area (Å²) < 4.78 is 1.57. The molecule has 1 aliphatic rings. The summed E-state index contributed by atoms with van der Waals surface area (Å²) in [5.74, 6) is 0.362. The van der Waals surface area contributed by atoms with E-state index in [4.69, 9.17) is 32.3 Å². The molecule has 1 aliphatic heterocycles. The standard InChI is InChI=1S/C33H33B2ClN6O2/c1-6-21-12-13-37-28(19(3)4)30(21)42-32-24(17-25(36)29(38-32)23-11-9-8-10-22(23)16-26(34)35)31(39-33(42)44)41-15-14-40(18-20(41)5)27(43)7-2/h7-13,16-17,19-20H,2,6,14-15,18H2,1,3-5H3/t20-/m0/s1. The highest BCUT2D eigenvalue weighted by Gasteiger charge is 2.30. The Balaban J connectivity index is 1.85. The summed E-state index contributed by atoms with van der Waals surface area (Å²) in [5.41, 5.74) is 4.23. The first-order chi connectivity index (χ1) is 21.0. The van der Waals surface area contributed by atoms with Crippen molar-refractivity contribution in [3.05, 3.63) is 92.9 Å². The van der Waals surface area contributed by atoms with Crippen molar-refractivity contribution < 1.29 is 4.79 Å². The van der Waals surface area contributed by atoms with Gasteiger partial charge in [0.2, 0.25) is 5.91 Å². The fourth-order valence-electron chi connectivity index (χ4n) is 5.81. The molecule has 5 rings (SSSR count). The second-order valence-corrected chi connectivity index (χ2v) is 11.6. The summed E-state index contributed by atoms with van der Waals surface area (Å²) in [6.07, 6.45) is 5.42. The van der Waals surface area contributed by atoms with E-state index in [2.05, 4.69) is 16.5 Å². The van der Waals surface area contributed by atoms with Gasteiger partial charge in [0.1, 0.15) is 5.82 Å². The van der Waals surface area contributed by atoms with Crippen molar-refractivity contribution in [3.63, 3.8) is 0 Å². The first-order valence-corrected chi connectivity index (χ1v) is 15.0. The molecule has 8 nitrogen and oxygen atoms in total. The third-order valence-electron chi connectivity index (χ3n) is 7.91. The number of rotatable bonds is 7. The van der Waals surface area contributed by atoms with Gasteiger partial charge >= 0.3 is 5.69 Å². The number of amides is 1. The highest BCUT2D eigenvalue weighted by molar-refractivity contribution is 6.50. The van der Waals surface area contributed by atoms with Gasteiger partial charge in [0.05, 0.1) is 43.2 Å². The number of piperazine rings is 1. The molecule has 3 aromatic heterocycles. The lowest BCUT2D eigenvalue weighted by molar-refractivity contribution is -0.126. The molecule has 0 unspecified atom stereocenters. The van der Waals surface area contributed by atoms with Crippen molar-refractivity contribution >= 4 is 56.1 Å². The van der Waals surface area contributed by atoms with Crippen LogP contribution in [0.2, 0.25) is 5.02 Å². The van der Waals surface area contributed by atoms with Crippen LogP contribution >= 0.6 is 11.6 Å². The van der Waals surface area contributed by atoms with Crippen molar-refractivity contribution in [2.45, 2.75) is 46.1 Å². The van der Waals surface area contributed by atoms with Crippen molar-refractivity contribution in [2.75, 3.05) is 24.5 Å². The number of fused-ring (bicyclic) bond motifs is 1.